The average molecular weight is 312 g/mol. The van der Waals surface area contributed by atoms with E-state index in [1.54, 1.807) is 23.9 Å². The molecule has 0 aliphatic heterocycles. The second-order valence-electron chi connectivity index (χ2n) is 4.98. The van der Waals surface area contributed by atoms with Gasteiger partial charge in [-0.2, -0.15) is 0 Å². The molecule has 0 radical (unpaired) electrons. The summed E-state index contributed by atoms with van der Waals surface area (Å²) in [5, 5.41) is 5.84. The highest BCUT2D eigenvalue weighted by atomic mass is 32.1. The summed E-state index contributed by atoms with van der Waals surface area (Å²) in [6.07, 6.45) is 4.34. The van der Waals surface area contributed by atoms with Crippen molar-refractivity contribution in [2.45, 2.75) is 19.4 Å². The maximum Gasteiger partial charge on any atom is 0.226 e. The van der Waals surface area contributed by atoms with E-state index in [1.807, 2.05) is 29.6 Å². The number of nitrogens with zero attached hydrogens (tertiary/aromatic N) is 1. The van der Waals surface area contributed by atoms with Crippen molar-refractivity contribution < 1.29 is 9.21 Å². The Morgan fingerprint density at radius 3 is 2.82 bits per heavy atom. The van der Waals surface area contributed by atoms with Crippen molar-refractivity contribution in [2.24, 2.45) is 0 Å². The number of carbonyl (C=O) groups excluding carboxylic acids is 1. The molecule has 3 rings (SSSR count). The summed E-state index contributed by atoms with van der Waals surface area (Å²) in [7, 11) is 0. The molecule has 3 aromatic rings. The first-order valence-corrected chi connectivity index (χ1v) is 7.92. The minimum absolute atomic E-state index is 0.0299. The first kappa shape index (κ1) is 14.5. The number of furan rings is 1. The van der Waals surface area contributed by atoms with Crippen LogP contribution in [0.4, 0.5) is 0 Å². The zero-order chi connectivity index (χ0) is 15.2. The fourth-order valence-electron chi connectivity index (χ4n) is 2.10. The lowest BCUT2D eigenvalue weighted by atomic mass is 10.2. The molecule has 1 N–H and O–H groups in total. The van der Waals surface area contributed by atoms with E-state index in [2.05, 4.69) is 22.4 Å². The molecule has 0 fully saturated rings. The topological polar surface area (TPSA) is 55.1 Å². The van der Waals surface area contributed by atoms with Gasteiger partial charge in [0.2, 0.25) is 5.91 Å². The third-order valence-corrected chi connectivity index (χ3v) is 4.11. The van der Waals surface area contributed by atoms with Gasteiger partial charge in [0.25, 0.3) is 0 Å². The standard InChI is InChI=1S/C17H16N2O2S/c20-16(18-10-14-6-7-21-11-14)9-15-12-22-17(19-15)8-13-4-2-1-3-5-13/h1-7,11-12H,8-10H2,(H,18,20). The second-order valence-corrected chi connectivity index (χ2v) is 5.92. The zero-order valence-electron chi connectivity index (χ0n) is 12.0. The van der Waals surface area contributed by atoms with Crippen molar-refractivity contribution >= 4 is 17.2 Å². The molecule has 0 spiro atoms. The van der Waals surface area contributed by atoms with E-state index in [-0.39, 0.29) is 5.91 Å². The van der Waals surface area contributed by atoms with Gasteiger partial charge < -0.3 is 9.73 Å². The second kappa shape index (κ2) is 7.04. The lowest BCUT2D eigenvalue weighted by Crippen LogP contribution is -2.24. The average Bonchev–Trinajstić information content (AvgIpc) is 3.18. The Balaban J connectivity index is 1.51. The van der Waals surface area contributed by atoms with E-state index >= 15 is 0 Å². The number of aromatic nitrogens is 1. The van der Waals surface area contributed by atoms with Crippen molar-refractivity contribution in [1.29, 1.82) is 0 Å². The van der Waals surface area contributed by atoms with E-state index in [1.165, 1.54) is 5.56 Å². The summed E-state index contributed by atoms with van der Waals surface area (Å²) in [6, 6.07) is 12.0. The predicted octanol–water partition coefficient (Wildman–Crippen LogP) is 3.19. The molecular weight excluding hydrogens is 296 g/mol. The summed E-state index contributed by atoms with van der Waals surface area (Å²) in [5.41, 5.74) is 3.00. The highest BCUT2D eigenvalue weighted by Gasteiger charge is 2.08. The number of nitrogens with one attached hydrogen (secondary N) is 1. The molecular formula is C17H16N2O2S. The first-order valence-electron chi connectivity index (χ1n) is 7.04. The number of rotatable bonds is 6. The van der Waals surface area contributed by atoms with Crippen molar-refractivity contribution in [3.63, 3.8) is 0 Å². The molecule has 112 valence electrons. The Morgan fingerprint density at radius 1 is 1.18 bits per heavy atom. The molecule has 2 heterocycles. The van der Waals surface area contributed by atoms with Crippen LogP contribution in [0.5, 0.6) is 0 Å². The smallest absolute Gasteiger partial charge is 0.226 e. The molecule has 1 amide bonds. The van der Waals surface area contributed by atoms with Crippen LogP contribution in [0.15, 0.2) is 58.7 Å². The highest BCUT2D eigenvalue weighted by molar-refractivity contribution is 7.09. The van der Waals surface area contributed by atoms with Crippen LogP contribution in [0, 0.1) is 0 Å². The third kappa shape index (κ3) is 4.05. The predicted molar refractivity (Wildman–Crippen MR) is 85.6 cm³/mol. The van der Waals surface area contributed by atoms with Crippen LogP contribution in [0.1, 0.15) is 21.8 Å². The van der Waals surface area contributed by atoms with Crippen LogP contribution in [0.3, 0.4) is 0 Å². The van der Waals surface area contributed by atoms with Crippen LogP contribution in [-0.4, -0.2) is 10.9 Å². The molecule has 0 saturated heterocycles. The number of benzene rings is 1. The minimum Gasteiger partial charge on any atom is -0.472 e. The van der Waals surface area contributed by atoms with Crippen LogP contribution in [0.25, 0.3) is 0 Å². The van der Waals surface area contributed by atoms with Gasteiger partial charge in [0.05, 0.1) is 29.6 Å². The van der Waals surface area contributed by atoms with E-state index in [9.17, 15) is 4.79 Å². The number of thiazole rings is 1. The van der Waals surface area contributed by atoms with Crippen molar-refractivity contribution in [1.82, 2.24) is 10.3 Å². The number of hydrogen-bond donors (Lipinski definition) is 1. The maximum atomic E-state index is 11.9. The van der Waals surface area contributed by atoms with Gasteiger partial charge in [0.1, 0.15) is 0 Å². The maximum absolute atomic E-state index is 11.9. The van der Waals surface area contributed by atoms with Gasteiger partial charge in [-0.3, -0.25) is 4.79 Å². The van der Waals surface area contributed by atoms with Gasteiger partial charge in [-0.05, 0) is 11.6 Å². The van der Waals surface area contributed by atoms with Gasteiger partial charge in [-0.25, -0.2) is 4.98 Å². The molecule has 2 aromatic heterocycles. The molecule has 0 atom stereocenters. The summed E-state index contributed by atoms with van der Waals surface area (Å²) in [5.74, 6) is -0.0299. The minimum atomic E-state index is -0.0299. The van der Waals surface area contributed by atoms with Crippen molar-refractivity contribution in [3.8, 4) is 0 Å². The normalized spacial score (nSPS) is 10.5. The van der Waals surface area contributed by atoms with Crippen LogP contribution in [-0.2, 0) is 24.2 Å². The summed E-state index contributed by atoms with van der Waals surface area (Å²) in [4.78, 5) is 16.4. The SMILES string of the molecule is O=C(Cc1csc(Cc2ccccc2)n1)NCc1ccoc1. The molecule has 5 heteroatoms. The largest absolute Gasteiger partial charge is 0.472 e. The molecule has 0 aliphatic carbocycles. The van der Waals surface area contributed by atoms with Crippen LogP contribution in [0.2, 0.25) is 0 Å². The molecule has 0 saturated carbocycles. The van der Waals surface area contributed by atoms with Crippen LogP contribution < -0.4 is 5.32 Å². The van der Waals surface area contributed by atoms with E-state index < -0.39 is 0 Å². The third-order valence-electron chi connectivity index (χ3n) is 3.21. The van der Waals surface area contributed by atoms with Gasteiger partial charge in [0, 0.05) is 23.9 Å². The summed E-state index contributed by atoms with van der Waals surface area (Å²) >= 11 is 1.60. The van der Waals surface area contributed by atoms with Gasteiger partial charge >= 0.3 is 0 Å². The van der Waals surface area contributed by atoms with Gasteiger partial charge in [-0.15, -0.1) is 11.3 Å². The monoisotopic (exact) mass is 312 g/mol. The molecule has 22 heavy (non-hydrogen) atoms. The molecule has 4 nitrogen and oxygen atoms in total. The Kier molecular flexibility index (Phi) is 4.65. The Labute approximate surface area is 132 Å². The Morgan fingerprint density at radius 2 is 2.05 bits per heavy atom. The van der Waals surface area contributed by atoms with Gasteiger partial charge in [0.15, 0.2) is 0 Å². The van der Waals surface area contributed by atoms with Crippen LogP contribution >= 0.6 is 11.3 Å². The fourth-order valence-corrected chi connectivity index (χ4v) is 2.93. The number of amides is 1. The summed E-state index contributed by atoms with van der Waals surface area (Å²) in [6.45, 7) is 0.482. The molecule has 0 aliphatic rings. The Bertz CT molecular complexity index is 720. The zero-order valence-corrected chi connectivity index (χ0v) is 12.8. The van der Waals surface area contributed by atoms with Crippen molar-refractivity contribution in [3.05, 3.63) is 76.1 Å². The van der Waals surface area contributed by atoms with Crippen molar-refractivity contribution in [2.75, 3.05) is 0 Å². The first-order chi connectivity index (χ1) is 10.8. The summed E-state index contributed by atoms with van der Waals surface area (Å²) < 4.78 is 4.96. The highest BCUT2D eigenvalue weighted by Crippen LogP contribution is 2.15. The number of carbonyl (C=O) groups is 1. The lowest BCUT2D eigenvalue weighted by Gasteiger charge is -2.01. The van der Waals surface area contributed by atoms with Gasteiger partial charge in [-0.1, -0.05) is 30.3 Å². The van der Waals surface area contributed by atoms with E-state index in [0.29, 0.717) is 13.0 Å². The lowest BCUT2D eigenvalue weighted by molar-refractivity contribution is -0.120. The Hall–Kier alpha value is -2.40. The number of hydrogen-bond acceptors (Lipinski definition) is 4. The fraction of sp³-hybridized carbons (Fsp3) is 0.176. The van der Waals surface area contributed by atoms with E-state index in [4.69, 9.17) is 4.42 Å². The van der Waals surface area contributed by atoms with E-state index in [0.717, 1.165) is 22.7 Å². The quantitative estimate of drug-likeness (QED) is 0.760. The molecule has 0 bridgehead atoms. The molecule has 1 aromatic carbocycles. The molecule has 0 unspecified atom stereocenters.